The Morgan fingerprint density at radius 3 is 2.05 bits per heavy atom. The Balaban J connectivity index is 1.96. The Kier molecular flexibility index (Phi) is 5.10. The van der Waals surface area contributed by atoms with Crippen molar-refractivity contribution in [3.63, 3.8) is 0 Å². The Labute approximate surface area is 136 Å². The third-order valence-electron chi connectivity index (χ3n) is 3.62. The van der Waals surface area contributed by atoms with E-state index in [1.165, 1.54) is 16.8 Å². The Hall–Kier alpha value is -1.28. The molecule has 0 bridgehead atoms. The lowest BCUT2D eigenvalue weighted by molar-refractivity contribution is 0.590. The maximum absolute atomic E-state index is 3.57. The van der Waals surface area contributed by atoms with Gasteiger partial charge in [0.2, 0.25) is 0 Å². The van der Waals surface area contributed by atoms with Gasteiger partial charge in [0.1, 0.15) is 0 Å². The van der Waals surface area contributed by atoms with Gasteiger partial charge in [0, 0.05) is 16.2 Å². The average Bonchev–Trinajstić information content (AvgIpc) is 2.41. The van der Waals surface area contributed by atoms with E-state index in [1.54, 1.807) is 0 Å². The summed E-state index contributed by atoms with van der Waals surface area (Å²) in [5.74, 6) is 0. The van der Waals surface area contributed by atoms with Gasteiger partial charge in [-0.2, -0.15) is 0 Å². The van der Waals surface area contributed by atoms with Gasteiger partial charge >= 0.3 is 0 Å². The van der Waals surface area contributed by atoms with Crippen LogP contribution < -0.4 is 5.32 Å². The largest absolute Gasteiger partial charge is 0.382 e. The van der Waals surface area contributed by atoms with Gasteiger partial charge < -0.3 is 5.32 Å². The summed E-state index contributed by atoms with van der Waals surface area (Å²) in [5, 5.41) is 3.57. The highest BCUT2D eigenvalue weighted by Gasteiger charge is 2.13. The fraction of sp³-hybridized carbons (Fsp3) is 0.368. The normalized spacial score (nSPS) is 13.0. The van der Waals surface area contributed by atoms with Crippen LogP contribution in [0.4, 0.5) is 5.69 Å². The summed E-state index contributed by atoms with van der Waals surface area (Å²) in [6.45, 7) is 8.95. The molecule has 21 heavy (non-hydrogen) atoms. The van der Waals surface area contributed by atoms with Crippen LogP contribution in [0.2, 0.25) is 0 Å². The smallest absolute Gasteiger partial charge is 0.0342 e. The molecule has 0 heterocycles. The summed E-state index contributed by atoms with van der Waals surface area (Å²) in [6.07, 6.45) is 1.02. The monoisotopic (exact) mass is 345 g/mol. The van der Waals surface area contributed by atoms with Crippen LogP contribution in [0.5, 0.6) is 0 Å². The van der Waals surface area contributed by atoms with E-state index in [2.05, 4.69) is 97.5 Å². The molecule has 2 aromatic carbocycles. The fourth-order valence-electron chi connectivity index (χ4n) is 2.38. The second kappa shape index (κ2) is 6.65. The Bertz CT molecular complexity index is 564. The minimum Gasteiger partial charge on any atom is -0.382 e. The number of halogens is 1. The molecule has 0 fully saturated rings. The predicted octanol–water partition coefficient (Wildman–Crippen LogP) is 5.79. The molecule has 112 valence electrons. The first-order chi connectivity index (χ1) is 9.84. The minimum atomic E-state index is 0.210. The standard InChI is InChI=1S/C19H24BrN/c1-14(13-15-5-9-17(20)10-6-15)21-18-11-7-16(8-12-18)19(2,3)4/h5-12,14,21H,13H2,1-4H3. The molecule has 0 radical (unpaired) electrons. The number of rotatable bonds is 4. The van der Waals surface area contributed by atoms with Crippen LogP contribution in [0.15, 0.2) is 53.0 Å². The van der Waals surface area contributed by atoms with Gasteiger partial charge in [-0.15, -0.1) is 0 Å². The van der Waals surface area contributed by atoms with Crippen LogP contribution in [-0.2, 0) is 11.8 Å². The van der Waals surface area contributed by atoms with Crippen molar-refractivity contribution in [2.45, 2.75) is 45.6 Å². The van der Waals surface area contributed by atoms with E-state index in [0.717, 1.165) is 10.9 Å². The highest BCUT2D eigenvalue weighted by atomic mass is 79.9. The van der Waals surface area contributed by atoms with Crippen LogP contribution in [0.1, 0.15) is 38.8 Å². The average molecular weight is 346 g/mol. The van der Waals surface area contributed by atoms with Gasteiger partial charge in [-0.25, -0.2) is 0 Å². The maximum Gasteiger partial charge on any atom is 0.0342 e. The van der Waals surface area contributed by atoms with Crippen LogP contribution in [0, 0.1) is 0 Å². The number of hydrogen-bond acceptors (Lipinski definition) is 1. The van der Waals surface area contributed by atoms with Crippen molar-refractivity contribution in [3.05, 3.63) is 64.1 Å². The van der Waals surface area contributed by atoms with Gasteiger partial charge in [-0.05, 0) is 54.2 Å². The van der Waals surface area contributed by atoms with Crippen molar-refractivity contribution in [1.29, 1.82) is 0 Å². The molecular formula is C19H24BrN. The lowest BCUT2D eigenvalue weighted by Gasteiger charge is -2.20. The molecule has 0 aliphatic rings. The molecule has 0 aliphatic carbocycles. The van der Waals surface area contributed by atoms with E-state index < -0.39 is 0 Å². The first-order valence-corrected chi connectivity index (χ1v) is 8.25. The Morgan fingerprint density at radius 2 is 1.52 bits per heavy atom. The Morgan fingerprint density at radius 1 is 0.952 bits per heavy atom. The zero-order valence-corrected chi connectivity index (χ0v) is 14.9. The summed E-state index contributed by atoms with van der Waals surface area (Å²) in [7, 11) is 0. The molecule has 0 saturated carbocycles. The number of benzene rings is 2. The lowest BCUT2D eigenvalue weighted by Crippen LogP contribution is -2.18. The molecule has 1 nitrogen and oxygen atoms in total. The van der Waals surface area contributed by atoms with E-state index in [0.29, 0.717) is 6.04 Å². The van der Waals surface area contributed by atoms with E-state index in [1.807, 2.05) is 0 Å². The van der Waals surface area contributed by atoms with Crippen LogP contribution >= 0.6 is 15.9 Å². The van der Waals surface area contributed by atoms with Gasteiger partial charge in [-0.3, -0.25) is 0 Å². The third kappa shape index (κ3) is 4.89. The highest BCUT2D eigenvalue weighted by Crippen LogP contribution is 2.24. The minimum absolute atomic E-state index is 0.210. The summed E-state index contributed by atoms with van der Waals surface area (Å²) in [4.78, 5) is 0. The molecule has 2 rings (SSSR count). The van der Waals surface area contributed by atoms with Crippen molar-refractivity contribution in [2.24, 2.45) is 0 Å². The van der Waals surface area contributed by atoms with E-state index >= 15 is 0 Å². The zero-order valence-electron chi connectivity index (χ0n) is 13.3. The molecule has 1 N–H and O–H groups in total. The van der Waals surface area contributed by atoms with Crippen molar-refractivity contribution in [3.8, 4) is 0 Å². The SMILES string of the molecule is CC(Cc1ccc(Br)cc1)Nc1ccc(C(C)(C)C)cc1. The molecule has 1 unspecified atom stereocenters. The van der Waals surface area contributed by atoms with Crippen molar-refractivity contribution in [2.75, 3.05) is 5.32 Å². The molecule has 0 aromatic heterocycles. The van der Waals surface area contributed by atoms with E-state index in [9.17, 15) is 0 Å². The second-order valence-corrected chi connectivity index (χ2v) is 7.62. The van der Waals surface area contributed by atoms with Crippen molar-refractivity contribution in [1.82, 2.24) is 0 Å². The van der Waals surface area contributed by atoms with Crippen LogP contribution in [-0.4, -0.2) is 6.04 Å². The van der Waals surface area contributed by atoms with Crippen LogP contribution in [0.3, 0.4) is 0 Å². The van der Waals surface area contributed by atoms with Crippen molar-refractivity contribution < 1.29 is 0 Å². The molecule has 2 heteroatoms. The topological polar surface area (TPSA) is 12.0 Å². The zero-order chi connectivity index (χ0) is 15.5. The summed E-state index contributed by atoms with van der Waals surface area (Å²) in [6, 6.07) is 17.7. The fourth-order valence-corrected chi connectivity index (χ4v) is 2.64. The lowest BCUT2D eigenvalue weighted by atomic mass is 9.87. The van der Waals surface area contributed by atoms with Gasteiger partial charge in [0.25, 0.3) is 0 Å². The molecule has 0 saturated heterocycles. The van der Waals surface area contributed by atoms with Gasteiger partial charge in [0.05, 0.1) is 0 Å². The molecule has 0 amide bonds. The number of hydrogen-bond donors (Lipinski definition) is 1. The molecule has 2 aromatic rings. The van der Waals surface area contributed by atoms with Crippen molar-refractivity contribution >= 4 is 21.6 Å². The van der Waals surface area contributed by atoms with Gasteiger partial charge in [-0.1, -0.05) is 61.0 Å². The molecule has 1 atom stereocenters. The van der Waals surface area contributed by atoms with E-state index in [-0.39, 0.29) is 5.41 Å². The van der Waals surface area contributed by atoms with Gasteiger partial charge in [0.15, 0.2) is 0 Å². The molecule has 0 spiro atoms. The van der Waals surface area contributed by atoms with Crippen LogP contribution in [0.25, 0.3) is 0 Å². The summed E-state index contributed by atoms with van der Waals surface area (Å²) < 4.78 is 1.13. The molecular weight excluding hydrogens is 322 g/mol. The number of nitrogens with one attached hydrogen (secondary N) is 1. The highest BCUT2D eigenvalue weighted by molar-refractivity contribution is 9.10. The summed E-state index contributed by atoms with van der Waals surface area (Å²) >= 11 is 3.47. The second-order valence-electron chi connectivity index (χ2n) is 6.70. The first-order valence-electron chi connectivity index (χ1n) is 7.46. The van der Waals surface area contributed by atoms with E-state index in [4.69, 9.17) is 0 Å². The predicted molar refractivity (Wildman–Crippen MR) is 96.1 cm³/mol. The number of anilines is 1. The summed E-state index contributed by atoms with van der Waals surface area (Å²) in [5.41, 5.74) is 4.12. The molecule has 0 aliphatic heterocycles. The maximum atomic E-state index is 3.57. The quantitative estimate of drug-likeness (QED) is 0.739. The third-order valence-corrected chi connectivity index (χ3v) is 4.15. The first kappa shape index (κ1) is 16.1.